The molecule has 3 heterocycles. The molecule has 0 N–H and O–H groups in total. The largest absolute Gasteiger partial charge is 0.355 e. The standard InChI is InChI=1S/C22H26FN5O/c1-2-6-20-25-22(29-26-20)19-9-4-10-24-21(19)28-12-5-11-27(13-14-28)16-17-7-3-8-18(23)15-17/h3-4,7-10,15H,2,5-6,11-14,16H2,1H3. The Bertz CT molecular complexity index is 944. The summed E-state index contributed by atoms with van der Waals surface area (Å²) in [6.45, 7) is 6.45. The molecule has 1 aliphatic rings. The Morgan fingerprint density at radius 1 is 1.10 bits per heavy atom. The minimum Gasteiger partial charge on any atom is -0.355 e. The van der Waals surface area contributed by atoms with Gasteiger partial charge in [-0.1, -0.05) is 24.2 Å². The van der Waals surface area contributed by atoms with Crippen molar-refractivity contribution in [2.24, 2.45) is 0 Å². The minimum atomic E-state index is -0.181. The van der Waals surface area contributed by atoms with Crippen LogP contribution in [0, 0.1) is 5.82 Å². The van der Waals surface area contributed by atoms with Crippen LogP contribution in [0.15, 0.2) is 47.1 Å². The van der Waals surface area contributed by atoms with Gasteiger partial charge in [-0.25, -0.2) is 9.37 Å². The van der Waals surface area contributed by atoms with E-state index in [0.29, 0.717) is 5.89 Å². The van der Waals surface area contributed by atoms with Gasteiger partial charge in [-0.2, -0.15) is 4.98 Å². The summed E-state index contributed by atoms with van der Waals surface area (Å²) in [5, 5.41) is 4.08. The molecule has 0 atom stereocenters. The van der Waals surface area contributed by atoms with Crippen molar-refractivity contribution < 1.29 is 8.91 Å². The number of benzene rings is 1. The summed E-state index contributed by atoms with van der Waals surface area (Å²) in [6, 6.07) is 10.7. The van der Waals surface area contributed by atoms with Crippen molar-refractivity contribution in [1.82, 2.24) is 20.0 Å². The van der Waals surface area contributed by atoms with Crippen molar-refractivity contribution >= 4 is 5.82 Å². The summed E-state index contributed by atoms with van der Waals surface area (Å²) in [4.78, 5) is 13.8. The SMILES string of the molecule is CCCc1noc(-c2cccnc2N2CCCN(Cc3cccc(F)c3)CC2)n1. The van der Waals surface area contributed by atoms with Crippen LogP contribution in [0.5, 0.6) is 0 Å². The van der Waals surface area contributed by atoms with Gasteiger partial charge in [0.1, 0.15) is 11.6 Å². The predicted molar refractivity (Wildman–Crippen MR) is 110 cm³/mol. The van der Waals surface area contributed by atoms with Gasteiger partial charge in [0.25, 0.3) is 5.89 Å². The molecule has 0 amide bonds. The Hall–Kier alpha value is -2.80. The first-order chi connectivity index (χ1) is 14.2. The molecule has 1 fully saturated rings. The average molecular weight is 395 g/mol. The molecule has 152 valence electrons. The van der Waals surface area contributed by atoms with Gasteiger partial charge in [-0.05, 0) is 42.7 Å². The topological polar surface area (TPSA) is 58.3 Å². The molecular weight excluding hydrogens is 369 g/mol. The fourth-order valence-electron chi connectivity index (χ4n) is 3.74. The van der Waals surface area contributed by atoms with E-state index in [0.717, 1.165) is 74.8 Å². The monoisotopic (exact) mass is 395 g/mol. The molecule has 3 aromatic rings. The van der Waals surface area contributed by atoms with E-state index >= 15 is 0 Å². The Kier molecular flexibility index (Phi) is 6.14. The van der Waals surface area contributed by atoms with E-state index in [1.54, 1.807) is 18.3 Å². The first-order valence-electron chi connectivity index (χ1n) is 10.2. The lowest BCUT2D eigenvalue weighted by Crippen LogP contribution is -2.31. The van der Waals surface area contributed by atoms with Crippen LogP contribution in [-0.2, 0) is 13.0 Å². The van der Waals surface area contributed by atoms with Crippen LogP contribution in [-0.4, -0.2) is 46.2 Å². The molecule has 2 aromatic heterocycles. The Morgan fingerprint density at radius 2 is 2.03 bits per heavy atom. The Morgan fingerprint density at radius 3 is 2.90 bits per heavy atom. The van der Waals surface area contributed by atoms with Crippen molar-refractivity contribution in [1.29, 1.82) is 0 Å². The van der Waals surface area contributed by atoms with E-state index in [4.69, 9.17) is 4.52 Å². The fourth-order valence-corrected chi connectivity index (χ4v) is 3.74. The second-order valence-corrected chi connectivity index (χ2v) is 7.39. The first-order valence-corrected chi connectivity index (χ1v) is 10.2. The summed E-state index contributed by atoms with van der Waals surface area (Å²) >= 11 is 0. The van der Waals surface area contributed by atoms with Crippen molar-refractivity contribution in [2.75, 3.05) is 31.1 Å². The molecule has 6 nitrogen and oxygen atoms in total. The highest BCUT2D eigenvalue weighted by molar-refractivity contribution is 5.69. The fraction of sp³-hybridized carbons (Fsp3) is 0.409. The van der Waals surface area contributed by atoms with Crippen molar-refractivity contribution in [3.05, 3.63) is 59.8 Å². The number of aryl methyl sites for hydroxylation is 1. The van der Waals surface area contributed by atoms with Crippen molar-refractivity contribution in [3.8, 4) is 11.5 Å². The molecule has 0 bridgehead atoms. The number of rotatable bonds is 6. The number of hydrogen-bond donors (Lipinski definition) is 0. The van der Waals surface area contributed by atoms with Crippen molar-refractivity contribution in [3.63, 3.8) is 0 Å². The number of hydrogen-bond acceptors (Lipinski definition) is 6. The van der Waals surface area contributed by atoms with Gasteiger partial charge in [0.05, 0.1) is 5.56 Å². The van der Waals surface area contributed by atoms with Gasteiger partial charge < -0.3 is 9.42 Å². The van der Waals surface area contributed by atoms with E-state index in [-0.39, 0.29) is 5.82 Å². The zero-order valence-electron chi connectivity index (χ0n) is 16.7. The highest BCUT2D eigenvalue weighted by Gasteiger charge is 2.21. The number of nitrogens with zero attached hydrogens (tertiary/aromatic N) is 5. The highest BCUT2D eigenvalue weighted by atomic mass is 19.1. The van der Waals surface area contributed by atoms with Crippen LogP contribution in [0.1, 0.15) is 31.2 Å². The number of anilines is 1. The molecule has 0 spiro atoms. The number of halogens is 1. The van der Waals surface area contributed by atoms with Crippen LogP contribution >= 0.6 is 0 Å². The zero-order valence-corrected chi connectivity index (χ0v) is 16.7. The van der Waals surface area contributed by atoms with Gasteiger partial charge in [0.15, 0.2) is 5.82 Å². The van der Waals surface area contributed by atoms with Crippen LogP contribution in [0.3, 0.4) is 0 Å². The van der Waals surface area contributed by atoms with E-state index in [1.807, 2.05) is 18.2 Å². The number of pyridine rings is 1. The van der Waals surface area contributed by atoms with Crippen molar-refractivity contribution in [2.45, 2.75) is 32.7 Å². The smallest absolute Gasteiger partial charge is 0.261 e. The van der Waals surface area contributed by atoms with E-state index in [9.17, 15) is 4.39 Å². The molecule has 7 heteroatoms. The molecule has 4 rings (SSSR count). The summed E-state index contributed by atoms with van der Waals surface area (Å²) in [7, 11) is 0. The lowest BCUT2D eigenvalue weighted by atomic mass is 10.2. The summed E-state index contributed by atoms with van der Waals surface area (Å²) in [5.41, 5.74) is 1.88. The quantitative estimate of drug-likeness (QED) is 0.630. The van der Waals surface area contributed by atoms with Crippen LogP contribution in [0.2, 0.25) is 0 Å². The minimum absolute atomic E-state index is 0.181. The Balaban J connectivity index is 1.48. The molecule has 0 saturated carbocycles. The maximum absolute atomic E-state index is 13.5. The molecule has 1 saturated heterocycles. The van der Waals surface area contributed by atoms with Crippen LogP contribution < -0.4 is 4.90 Å². The van der Waals surface area contributed by atoms with E-state index in [1.165, 1.54) is 6.07 Å². The summed E-state index contributed by atoms with van der Waals surface area (Å²) < 4.78 is 19.0. The van der Waals surface area contributed by atoms with Gasteiger partial charge >= 0.3 is 0 Å². The van der Waals surface area contributed by atoms with E-state index in [2.05, 4.69) is 31.8 Å². The van der Waals surface area contributed by atoms with Gasteiger partial charge in [-0.15, -0.1) is 0 Å². The Labute approximate surface area is 170 Å². The lowest BCUT2D eigenvalue weighted by molar-refractivity contribution is 0.285. The van der Waals surface area contributed by atoms with Gasteiger partial charge in [0.2, 0.25) is 0 Å². The highest BCUT2D eigenvalue weighted by Crippen LogP contribution is 2.28. The van der Waals surface area contributed by atoms with Crippen LogP contribution in [0.25, 0.3) is 11.5 Å². The van der Waals surface area contributed by atoms with Crippen LogP contribution in [0.4, 0.5) is 10.2 Å². The molecule has 1 aromatic carbocycles. The molecule has 29 heavy (non-hydrogen) atoms. The molecular formula is C22H26FN5O. The maximum Gasteiger partial charge on any atom is 0.261 e. The third-order valence-corrected chi connectivity index (χ3v) is 5.14. The summed E-state index contributed by atoms with van der Waals surface area (Å²) in [5.74, 6) is 1.96. The molecule has 0 unspecified atom stereocenters. The van der Waals surface area contributed by atoms with Gasteiger partial charge in [0, 0.05) is 45.3 Å². The predicted octanol–water partition coefficient (Wildman–Crippen LogP) is 3.94. The number of aromatic nitrogens is 3. The molecule has 1 aliphatic heterocycles. The lowest BCUT2D eigenvalue weighted by Gasteiger charge is -2.24. The average Bonchev–Trinajstić information content (AvgIpc) is 3.07. The third-order valence-electron chi connectivity index (χ3n) is 5.14. The van der Waals surface area contributed by atoms with E-state index < -0.39 is 0 Å². The normalized spacial score (nSPS) is 15.4. The first kappa shape index (κ1) is 19.5. The zero-order chi connectivity index (χ0) is 20.1. The maximum atomic E-state index is 13.5. The van der Waals surface area contributed by atoms with Gasteiger partial charge in [-0.3, -0.25) is 4.90 Å². The third kappa shape index (κ3) is 4.79. The molecule has 0 radical (unpaired) electrons. The second kappa shape index (κ2) is 9.13. The summed E-state index contributed by atoms with van der Waals surface area (Å²) in [6.07, 6.45) is 4.60. The second-order valence-electron chi connectivity index (χ2n) is 7.39. The molecule has 0 aliphatic carbocycles.